The van der Waals surface area contributed by atoms with E-state index in [9.17, 15) is 18.0 Å². The number of amides is 2. The van der Waals surface area contributed by atoms with E-state index in [1.165, 1.54) is 46.4 Å². The van der Waals surface area contributed by atoms with Gasteiger partial charge in [-0.1, -0.05) is 61.5 Å². The molecule has 234 valence electrons. The Balaban J connectivity index is 1.14. The van der Waals surface area contributed by atoms with E-state index >= 15 is 0 Å². The van der Waals surface area contributed by atoms with Gasteiger partial charge in [0.15, 0.2) is 11.0 Å². The summed E-state index contributed by atoms with van der Waals surface area (Å²) in [5.41, 5.74) is 5.41. The van der Waals surface area contributed by atoms with E-state index in [-0.39, 0.29) is 11.8 Å². The molecule has 8 nitrogen and oxygen atoms in total. The van der Waals surface area contributed by atoms with Gasteiger partial charge in [-0.05, 0) is 79.6 Å². The maximum Gasteiger partial charge on any atom is 0.573 e. The third kappa shape index (κ3) is 7.16. The molecule has 1 N–H and O–H groups in total. The Labute approximate surface area is 263 Å². The number of anilines is 1. The van der Waals surface area contributed by atoms with E-state index in [4.69, 9.17) is 0 Å². The smallest absolute Gasteiger partial charge is 0.406 e. The molecule has 2 aliphatic rings. The average molecular weight is 635 g/mol. The molecule has 12 heteroatoms. The predicted octanol–water partition coefficient (Wildman–Crippen LogP) is 7.79. The average Bonchev–Trinajstić information content (AvgIpc) is 3.62. The number of ether oxygens (including phenoxy) is 1. The number of aromatic nitrogens is 3. The molecule has 0 radical (unpaired) electrons. The van der Waals surface area contributed by atoms with Crippen molar-refractivity contribution in [2.45, 2.75) is 57.9 Å². The molecule has 4 aromatic rings. The van der Waals surface area contributed by atoms with Gasteiger partial charge in [0, 0.05) is 23.5 Å². The second kappa shape index (κ2) is 12.6. The molecule has 2 fully saturated rings. The van der Waals surface area contributed by atoms with Crippen LogP contribution in [0.2, 0.25) is 0 Å². The number of amidine groups is 1. The number of nitrogens with one attached hydrogen (secondary N) is 1. The van der Waals surface area contributed by atoms with Crippen molar-refractivity contribution < 1.29 is 22.7 Å². The largest absolute Gasteiger partial charge is 0.573 e. The number of carbonyl (C=O) groups excluding carboxylic acids is 1. The molecule has 1 aliphatic carbocycles. The van der Waals surface area contributed by atoms with Gasteiger partial charge in [-0.25, -0.2) is 14.5 Å². The third-order valence-electron chi connectivity index (χ3n) is 7.85. The number of hydrogen-bond acceptors (Lipinski definition) is 5. The molecule has 3 aromatic carbocycles. The fourth-order valence-corrected chi connectivity index (χ4v) is 6.42. The van der Waals surface area contributed by atoms with Crippen LogP contribution in [0.3, 0.4) is 0 Å². The van der Waals surface area contributed by atoms with Crippen LogP contribution in [-0.2, 0) is 12.0 Å². The van der Waals surface area contributed by atoms with Crippen molar-refractivity contribution in [2.75, 3.05) is 17.2 Å². The van der Waals surface area contributed by atoms with Crippen molar-refractivity contribution in [3.05, 3.63) is 89.7 Å². The Hall–Kier alpha value is -4.32. The molecule has 1 saturated carbocycles. The highest BCUT2D eigenvalue weighted by atomic mass is 32.2. The number of benzene rings is 3. The number of nitrogens with zero attached hydrogens (tertiary/aromatic N) is 5. The lowest BCUT2D eigenvalue weighted by Crippen LogP contribution is -2.38. The van der Waals surface area contributed by atoms with Crippen LogP contribution in [0.1, 0.15) is 49.3 Å². The van der Waals surface area contributed by atoms with Crippen LogP contribution in [-0.4, -0.2) is 44.6 Å². The van der Waals surface area contributed by atoms with Crippen molar-refractivity contribution in [1.82, 2.24) is 20.1 Å². The lowest BCUT2D eigenvalue weighted by Gasteiger charge is -2.31. The first-order chi connectivity index (χ1) is 21.6. The van der Waals surface area contributed by atoms with Crippen LogP contribution in [0.15, 0.2) is 78.0 Å². The Morgan fingerprint density at radius 2 is 1.84 bits per heavy atom. The van der Waals surface area contributed by atoms with Crippen LogP contribution in [0.4, 0.5) is 23.7 Å². The standard InChI is InChI=1S/C33H33F3N6O2S/c1-3-5-23-7-6-22(2)20-28(23)41-18-4-19-45-31(41)38-30(43)39-32(16-17-32)25-10-8-24(9-11-25)29-37-21-42(40-29)26-12-14-27(15-13-26)44-33(34,35)36/h6-15,20-21H,3-5,16-19H2,1-2H3,(H,39,43)/b38-31-. The summed E-state index contributed by atoms with van der Waals surface area (Å²) in [6, 6.07) is 19.3. The first-order valence-electron chi connectivity index (χ1n) is 14.9. The van der Waals surface area contributed by atoms with Gasteiger partial charge in [0.2, 0.25) is 0 Å². The number of aryl methyl sites for hydroxylation is 2. The minimum atomic E-state index is -4.75. The first-order valence-corrected chi connectivity index (χ1v) is 15.9. The van der Waals surface area contributed by atoms with Crippen molar-refractivity contribution in [3.63, 3.8) is 0 Å². The monoisotopic (exact) mass is 634 g/mol. The SMILES string of the molecule is CCCc1ccc(C)cc1N1CCCS/C1=N\C(=O)NC1(c2ccc(-c3ncn(-c4ccc(OC(F)(F)F)cc4)n3)cc2)CC1. The summed E-state index contributed by atoms with van der Waals surface area (Å²) in [5, 5.41) is 8.39. The van der Waals surface area contributed by atoms with Gasteiger partial charge < -0.3 is 15.0 Å². The van der Waals surface area contributed by atoms with Crippen molar-refractivity contribution in [3.8, 4) is 22.8 Å². The Morgan fingerprint density at radius 1 is 1.09 bits per heavy atom. The van der Waals surface area contributed by atoms with Crippen LogP contribution in [0.5, 0.6) is 5.75 Å². The highest BCUT2D eigenvalue weighted by Gasteiger charge is 2.46. The summed E-state index contributed by atoms with van der Waals surface area (Å²) >= 11 is 1.62. The maximum absolute atomic E-state index is 13.3. The van der Waals surface area contributed by atoms with Gasteiger partial charge in [-0.2, -0.15) is 4.99 Å². The van der Waals surface area contributed by atoms with Crippen LogP contribution < -0.4 is 15.0 Å². The Kier molecular flexibility index (Phi) is 8.59. The van der Waals surface area contributed by atoms with E-state index in [0.717, 1.165) is 66.4 Å². The summed E-state index contributed by atoms with van der Waals surface area (Å²) in [7, 11) is 0. The minimum Gasteiger partial charge on any atom is -0.406 e. The van der Waals surface area contributed by atoms with Crippen molar-refractivity contribution in [1.29, 1.82) is 0 Å². The van der Waals surface area contributed by atoms with E-state index in [1.54, 1.807) is 11.8 Å². The van der Waals surface area contributed by atoms with Gasteiger partial charge >= 0.3 is 12.4 Å². The van der Waals surface area contributed by atoms with Crippen molar-refractivity contribution in [2.24, 2.45) is 4.99 Å². The van der Waals surface area contributed by atoms with Crippen LogP contribution >= 0.6 is 11.8 Å². The Bertz CT molecular complexity index is 1700. The fourth-order valence-electron chi connectivity index (χ4n) is 5.47. The number of alkyl halides is 3. The summed E-state index contributed by atoms with van der Waals surface area (Å²) in [4.78, 5) is 24.4. The second-order valence-electron chi connectivity index (χ2n) is 11.3. The third-order valence-corrected chi connectivity index (χ3v) is 8.92. The van der Waals surface area contributed by atoms with E-state index < -0.39 is 11.9 Å². The molecule has 0 bridgehead atoms. The number of rotatable bonds is 8. The van der Waals surface area contributed by atoms with Crippen LogP contribution in [0, 0.1) is 6.92 Å². The number of urea groups is 1. The molecule has 1 aromatic heterocycles. The van der Waals surface area contributed by atoms with E-state index in [2.05, 4.69) is 62.1 Å². The number of halogens is 3. The van der Waals surface area contributed by atoms with Gasteiger partial charge in [0.1, 0.15) is 12.1 Å². The molecule has 0 spiro atoms. The lowest BCUT2D eigenvalue weighted by molar-refractivity contribution is -0.274. The van der Waals surface area contributed by atoms with Gasteiger partial charge in [0.05, 0.1) is 11.2 Å². The zero-order valence-corrected chi connectivity index (χ0v) is 25.8. The predicted molar refractivity (Wildman–Crippen MR) is 170 cm³/mol. The summed E-state index contributed by atoms with van der Waals surface area (Å²) in [5.74, 6) is 1.08. The number of hydrogen-bond donors (Lipinski definition) is 1. The molecule has 0 atom stereocenters. The second-order valence-corrected chi connectivity index (χ2v) is 12.3. The zero-order chi connectivity index (χ0) is 31.6. The molecule has 45 heavy (non-hydrogen) atoms. The lowest BCUT2D eigenvalue weighted by atomic mass is 10.0. The summed E-state index contributed by atoms with van der Waals surface area (Å²) in [6.45, 7) is 5.08. The quantitative estimate of drug-likeness (QED) is 0.213. The normalized spacial score (nSPS) is 16.9. The molecule has 1 aliphatic heterocycles. The molecule has 2 heterocycles. The fraction of sp³-hybridized carbons (Fsp3) is 0.333. The van der Waals surface area contributed by atoms with Gasteiger partial charge in [-0.15, -0.1) is 18.3 Å². The molecular weight excluding hydrogens is 601 g/mol. The topological polar surface area (TPSA) is 84.6 Å². The highest BCUT2D eigenvalue weighted by molar-refractivity contribution is 8.14. The molecule has 6 rings (SSSR count). The maximum atomic E-state index is 13.3. The van der Waals surface area contributed by atoms with E-state index in [1.807, 2.05) is 24.3 Å². The number of thioether (sulfide) groups is 1. The minimum absolute atomic E-state index is 0.308. The molecule has 0 unspecified atom stereocenters. The summed E-state index contributed by atoms with van der Waals surface area (Å²) < 4.78 is 42.8. The number of carbonyl (C=O) groups is 1. The Morgan fingerprint density at radius 3 is 2.53 bits per heavy atom. The first kappa shape index (κ1) is 30.7. The molecular formula is C33H33F3N6O2S. The molecule has 2 amide bonds. The van der Waals surface area contributed by atoms with Gasteiger partial charge in [-0.3, -0.25) is 0 Å². The van der Waals surface area contributed by atoms with Crippen LogP contribution in [0.25, 0.3) is 17.1 Å². The van der Waals surface area contributed by atoms with E-state index in [0.29, 0.717) is 11.5 Å². The zero-order valence-electron chi connectivity index (χ0n) is 25.0. The molecule has 1 saturated heterocycles. The number of aliphatic imine (C=N–C) groups is 1. The van der Waals surface area contributed by atoms with Crippen molar-refractivity contribution >= 4 is 28.6 Å². The summed E-state index contributed by atoms with van der Waals surface area (Å²) in [6.07, 6.45) is 1.43. The highest BCUT2D eigenvalue weighted by Crippen LogP contribution is 2.46. The van der Waals surface area contributed by atoms with Gasteiger partial charge in [0.25, 0.3) is 0 Å².